The number of ether oxygens (including phenoxy) is 2. The molecule has 2 aromatic carbocycles. The molecule has 1 aliphatic heterocycles. The van der Waals surface area contributed by atoms with Crippen molar-refractivity contribution in [3.05, 3.63) is 42.0 Å². The number of alkyl carbamates (subject to hydrolysis) is 1. The number of rotatable bonds is 3. The molecule has 1 heterocycles. The van der Waals surface area contributed by atoms with Crippen LogP contribution >= 0.6 is 12.4 Å². The Balaban J connectivity index is 0.00000147. The van der Waals surface area contributed by atoms with Crippen molar-refractivity contribution >= 4 is 29.3 Å². The van der Waals surface area contributed by atoms with Crippen molar-refractivity contribution < 1.29 is 14.3 Å². The molecule has 0 unspecified atom stereocenters. The molecule has 4 nitrogen and oxygen atoms in total. The average molecular weight is 294 g/mol. The second-order valence-electron chi connectivity index (χ2n) is 4.43. The second kappa shape index (κ2) is 6.01. The fourth-order valence-electron chi connectivity index (χ4n) is 2.46. The van der Waals surface area contributed by atoms with Crippen LogP contribution in [0.3, 0.4) is 0 Å². The van der Waals surface area contributed by atoms with E-state index in [1.54, 1.807) is 0 Å². The molecular weight excluding hydrogens is 278 g/mol. The SMILES string of the molecule is CCOc1ccc2ccccc2c1[C@H]1COC(=O)N1.Cl. The number of nitrogens with one attached hydrogen (secondary N) is 1. The molecule has 0 bridgehead atoms. The van der Waals surface area contributed by atoms with Gasteiger partial charge in [-0.15, -0.1) is 12.4 Å². The summed E-state index contributed by atoms with van der Waals surface area (Å²) in [6.45, 7) is 2.88. The van der Waals surface area contributed by atoms with Gasteiger partial charge in [0.2, 0.25) is 0 Å². The van der Waals surface area contributed by atoms with E-state index in [4.69, 9.17) is 9.47 Å². The number of cyclic esters (lactones) is 1. The molecule has 0 saturated carbocycles. The molecule has 1 saturated heterocycles. The first kappa shape index (κ1) is 14.5. The van der Waals surface area contributed by atoms with Crippen LogP contribution in [0.2, 0.25) is 0 Å². The summed E-state index contributed by atoms with van der Waals surface area (Å²) in [6.07, 6.45) is -0.375. The van der Waals surface area contributed by atoms with Gasteiger partial charge in [-0.25, -0.2) is 4.79 Å². The van der Waals surface area contributed by atoms with E-state index in [2.05, 4.69) is 5.32 Å². The third-order valence-corrected chi connectivity index (χ3v) is 3.25. The third kappa shape index (κ3) is 2.51. The van der Waals surface area contributed by atoms with E-state index in [9.17, 15) is 4.79 Å². The minimum absolute atomic E-state index is 0. The van der Waals surface area contributed by atoms with Gasteiger partial charge in [-0.3, -0.25) is 0 Å². The van der Waals surface area contributed by atoms with E-state index in [0.29, 0.717) is 13.2 Å². The monoisotopic (exact) mass is 293 g/mol. The Labute approximate surface area is 123 Å². The van der Waals surface area contributed by atoms with Crippen LogP contribution in [0.5, 0.6) is 5.75 Å². The van der Waals surface area contributed by atoms with Crippen molar-refractivity contribution in [1.82, 2.24) is 5.32 Å². The third-order valence-electron chi connectivity index (χ3n) is 3.25. The molecule has 1 aliphatic rings. The van der Waals surface area contributed by atoms with Crippen molar-refractivity contribution in [1.29, 1.82) is 0 Å². The van der Waals surface area contributed by atoms with E-state index in [-0.39, 0.29) is 24.5 Å². The van der Waals surface area contributed by atoms with Gasteiger partial charge in [0.15, 0.2) is 0 Å². The lowest BCUT2D eigenvalue weighted by Crippen LogP contribution is -2.19. The van der Waals surface area contributed by atoms with Crippen LogP contribution in [-0.4, -0.2) is 19.3 Å². The molecule has 5 heteroatoms. The maximum absolute atomic E-state index is 11.3. The normalized spacial score (nSPS) is 17.2. The van der Waals surface area contributed by atoms with Gasteiger partial charge >= 0.3 is 6.09 Å². The first-order valence-electron chi connectivity index (χ1n) is 6.37. The molecule has 0 aliphatic carbocycles. The molecule has 1 fully saturated rings. The zero-order chi connectivity index (χ0) is 13.2. The maximum atomic E-state index is 11.3. The van der Waals surface area contributed by atoms with Crippen LogP contribution in [0.25, 0.3) is 10.8 Å². The highest BCUT2D eigenvalue weighted by molar-refractivity contribution is 5.89. The van der Waals surface area contributed by atoms with Gasteiger partial charge in [0, 0.05) is 5.56 Å². The lowest BCUT2D eigenvalue weighted by Gasteiger charge is -2.17. The smallest absolute Gasteiger partial charge is 0.407 e. The molecule has 1 atom stereocenters. The first-order valence-corrected chi connectivity index (χ1v) is 6.37. The minimum atomic E-state index is -0.375. The molecule has 1 amide bonds. The van der Waals surface area contributed by atoms with Gasteiger partial charge in [-0.2, -0.15) is 0 Å². The van der Waals surface area contributed by atoms with Crippen molar-refractivity contribution in [2.45, 2.75) is 13.0 Å². The standard InChI is InChI=1S/C15H15NO3.ClH/c1-2-18-13-8-7-10-5-3-4-6-11(10)14(13)12-9-19-15(17)16-12;/h3-8,12H,2,9H2,1H3,(H,16,17);1H/t12-;/m1./s1. The van der Waals surface area contributed by atoms with Crippen molar-refractivity contribution in [2.24, 2.45) is 0 Å². The van der Waals surface area contributed by atoms with Gasteiger partial charge < -0.3 is 14.8 Å². The zero-order valence-corrected chi connectivity index (χ0v) is 11.9. The van der Waals surface area contributed by atoms with Crippen LogP contribution in [0.15, 0.2) is 36.4 Å². The zero-order valence-electron chi connectivity index (χ0n) is 11.1. The highest BCUT2D eigenvalue weighted by Gasteiger charge is 2.28. The Bertz CT molecular complexity index is 630. The summed E-state index contributed by atoms with van der Waals surface area (Å²) in [5.41, 5.74) is 0.991. The highest BCUT2D eigenvalue weighted by Crippen LogP contribution is 2.34. The summed E-state index contributed by atoms with van der Waals surface area (Å²) in [5.74, 6) is 0.803. The molecular formula is C15H16ClNO3. The van der Waals surface area contributed by atoms with Gasteiger partial charge in [0.05, 0.1) is 12.6 Å². The molecule has 3 rings (SSSR count). The number of hydrogen-bond acceptors (Lipinski definition) is 3. The van der Waals surface area contributed by atoms with Crippen LogP contribution < -0.4 is 10.1 Å². The van der Waals surface area contributed by atoms with Gasteiger partial charge in [0.1, 0.15) is 12.4 Å². The fraction of sp³-hybridized carbons (Fsp3) is 0.267. The summed E-state index contributed by atoms with van der Waals surface area (Å²) in [4.78, 5) is 11.3. The van der Waals surface area contributed by atoms with Crippen LogP contribution in [0.4, 0.5) is 4.79 Å². The number of carbonyl (C=O) groups excluding carboxylic acids is 1. The Hall–Kier alpha value is -1.94. The van der Waals surface area contributed by atoms with E-state index in [1.165, 1.54) is 0 Å². The number of halogens is 1. The maximum Gasteiger partial charge on any atom is 0.407 e. The quantitative estimate of drug-likeness (QED) is 0.943. The minimum Gasteiger partial charge on any atom is -0.493 e. The van der Waals surface area contributed by atoms with E-state index >= 15 is 0 Å². The second-order valence-corrected chi connectivity index (χ2v) is 4.43. The number of carbonyl (C=O) groups is 1. The largest absolute Gasteiger partial charge is 0.493 e. The summed E-state index contributed by atoms with van der Waals surface area (Å²) >= 11 is 0. The molecule has 0 aromatic heterocycles. The Morgan fingerprint density at radius 1 is 1.30 bits per heavy atom. The molecule has 0 radical (unpaired) electrons. The number of amides is 1. The van der Waals surface area contributed by atoms with Crippen LogP contribution in [-0.2, 0) is 4.74 Å². The first-order chi connectivity index (χ1) is 9.29. The van der Waals surface area contributed by atoms with Gasteiger partial charge in [-0.05, 0) is 23.8 Å². The summed E-state index contributed by atoms with van der Waals surface area (Å²) in [5, 5.41) is 5.03. The fourth-order valence-corrected chi connectivity index (χ4v) is 2.46. The summed E-state index contributed by atoms with van der Waals surface area (Å²) in [6, 6.07) is 11.9. The Morgan fingerprint density at radius 3 is 2.80 bits per heavy atom. The van der Waals surface area contributed by atoms with Crippen molar-refractivity contribution in [3.63, 3.8) is 0 Å². The topological polar surface area (TPSA) is 47.6 Å². The van der Waals surface area contributed by atoms with Gasteiger partial charge in [-0.1, -0.05) is 30.3 Å². The van der Waals surface area contributed by atoms with Gasteiger partial charge in [0.25, 0.3) is 0 Å². The molecule has 106 valence electrons. The lowest BCUT2D eigenvalue weighted by molar-refractivity contribution is 0.176. The van der Waals surface area contributed by atoms with E-state index in [1.807, 2.05) is 43.3 Å². The highest BCUT2D eigenvalue weighted by atomic mass is 35.5. The Kier molecular flexibility index (Phi) is 4.35. The average Bonchev–Trinajstić information content (AvgIpc) is 2.85. The van der Waals surface area contributed by atoms with Crippen molar-refractivity contribution in [3.8, 4) is 5.75 Å². The number of benzene rings is 2. The predicted molar refractivity (Wildman–Crippen MR) is 79.6 cm³/mol. The lowest BCUT2D eigenvalue weighted by atomic mass is 9.98. The predicted octanol–water partition coefficient (Wildman–Crippen LogP) is 3.44. The molecule has 1 N–H and O–H groups in total. The van der Waals surface area contributed by atoms with Crippen LogP contribution in [0.1, 0.15) is 18.5 Å². The van der Waals surface area contributed by atoms with E-state index < -0.39 is 0 Å². The summed E-state index contributed by atoms with van der Waals surface area (Å²) < 4.78 is 10.7. The molecule has 2 aromatic rings. The number of hydrogen-bond donors (Lipinski definition) is 1. The summed E-state index contributed by atoms with van der Waals surface area (Å²) in [7, 11) is 0. The molecule has 0 spiro atoms. The molecule has 20 heavy (non-hydrogen) atoms. The number of fused-ring (bicyclic) bond motifs is 1. The van der Waals surface area contributed by atoms with E-state index in [0.717, 1.165) is 22.1 Å². The van der Waals surface area contributed by atoms with Crippen molar-refractivity contribution in [2.75, 3.05) is 13.2 Å². The Morgan fingerprint density at radius 2 is 2.10 bits per heavy atom. The van der Waals surface area contributed by atoms with Crippen LogP contribution in [0, 0.1) is 0 Å².